The number of amides is 1. The number of rotatable bonds is 3. The van der Waals surface area contributed by atoms with Crippen LogP contribution in [0.5, 0.6) is 0 Å². The normalized spacial score (nSPS) is 12.4. The lowest BCUT2D eigenvalue weighted by Crippen LogP contribution is -2.27. The van der Waals surface area contributed by atoms with Crippen LogP contribution >= 0.6 is 0 Å². The van der Waals surface area contributed by atoms with Crippen LogP contribution in [0.1, 0.15) is 51.9 Å². The summed E-state index contributed by atoms with van der Waals surface area (Å²) in [6, 6.07) is 5.50. The molecule has 24 heavy (non-hydrogen) atoms. The van der Waals surface area contributed by atoms with Crippen molar-refractivity contribution in [3.8, 4) is 0 Å². The Morgan fingerprint density at radius 2 is 1.88 bits per heavy atom. The second-order valence-corrected chi connectivity index (χ2v) is 6.14. The van der Waals surface area contributed by atoms with Gasteiger partial charge < -0.3 is 9.73 Å². The number of aromatic nitrogens is 3. The summed E-state index contributed by atoms with van der Waals surface area (Å²) in [5.74, 6) is 0.685. The zero-order chi connectivity index (χ0) is 17.4. The molecule has 1 atom stereocenters. The first-order valence-corrected chi connectivity index (χ1v) is 7.84. The molecule has 0 saturated heterocycles. The van der Waals surface area contributed by atoms with Gasteiger partial charge in [0, 0.05) is 18.0 Å². The van der Waals surface area contributed by atoms with Crippen LogP contribution in [-0.4, -0.2) is 21.1 Å². The Labute approximate surface area is 140 Å². The summed E-state index contributed by atoms with van der Waals surface area (Å²) >= 11 is 0. The number of aryl methyl sites for hydroxylation is 4. The van der Waals surface area contributed by atoms with Gasteiger partial charge in [0.25, 0.3) is 5.91 Å². The molecule has 0 aliphatic rings. The molecule has 0 fully saturated rings. The molecule has 2 heterocycles. The third-order valence-corrected chi connectivity index (χ3v) is 3.88. The van der Waals surface area contributed by atoms with E-state index in [1.165, 1.54) is 0 Å². The fourth-order valence-corrected chi connectivity index (χ4v) is 2.82. The summed E-state index contributed by atoms with van der Waals surface area (Å²) in [7, 11) is 0. The third kappa shape index (κ3) is 2.99. The number of pyridine rings is 1. The number of fused-ring (bicyclic) bond motifs is 1. The van der Waals surface area contributed by atoms with Gasteiger partial charge in [0.05, 0.1) is 11.1 Å². The van der Waals surface area contributed by atoms with Crippen LogP contribution in [0.3, 0.4) is 0 Å². The van der Waals surface area contributed by atoms with Crippen molar-refractivity contribution in [2.45, 2.75) is 40.7 Å². The molecule has 1 aromatic carbocycles. The summed E-state index contributed by atoms with van der Waals surface area (Å²) < 4.78 is 5.38. The van der Waals surface area contributed by atoms with E-state index >= 15 is 0 Å². The minimum Gasteiger partial charge on any atom is -0.423 e. The maximum absolute atomic E-state index is 12.8. The van der Waals surface area contributed by atoms with Crippen molar-refractivity contribution < 1.29 is 9.21 Å². The monoisotopic (exact) mass is 324 g/mol. The summed E-state index contributed by atoms with van der Waals surface area (Å²) in [6.45, 7) is 9.44. The highest BCUT2D eigenvalue weighted by atomic mass is 16.4. The van der Waals surface area contributed by atoms with Crippen LogP contribution in [0.2, 0.25) is 0 Å². The van der Waals surface area contributed by atoms with E-state index in [9.17, 15) is 4.79 Å². The molecule has 3 aromatic rings. The van der Waals surface area contributed by atoms with Gasteiger partial charge in [0.2, 0.25) is 11.8 Å². The number of hydrogen-bond acceptors (Lipinski definition) is 5. The van der Waals surface area contributed by atoms with Gasteiger partial charge >= 0.3 is 0 Å². The molecule has 0 aliphatic heterocycles. The summed E-state index contributed by atoms with van der Waals surface area (Å²) in [5.41, 5.74) is 4.42. The molecule has 2 aromatic heterocycles. The molecule has 0 bridgehead atoms. The molecular weight excluding hydrogens is 304 g/mol. The molecule has 6 nitrogen and oxygen atoms in total. The van der Waals surface area contributed by atoms with E-state index in [0.717, 1.165) is 27.7 Å². The van der Waals surface area contributed by atoms with E-state index in [-0.39, 0.29) is 11.9 Å². The van der Waals surface area contributed by atoms with Gasteiger partial charge in [-0.15, -0.1) is 10.2 Å². The first kappa shape index (κ1) is 16.1. The van der Waals surface area contributed by atoms with E-state index in [1.807, 2.05) is 39.8 Å². The molecule has 1 amide bonds. The van der Waals surface area contributed by atoms with Crippen LogP contribution in [0.4, 0.5) is 0 Å². The predicted molar refractivity (Wildman–Crippen MR) is 90.9 cm³/mol. The number of carbonyl (C=O) groups excluding carboxylic acids is 1. The van der Waals surface area contributed by atoms with Gasteiger partial charge in [-0.3, -0.25) is 9.78 Å². The highest BCUT2D eigenvalue weighted by Crippen LogP contribution is 2.24. The molecule has 0 radical (unpaired) electrons. The summed E-state index contributed by atoms with van der Waals surface area (Å²) in [6.07, 6.45) is 0. The van der Waals surface area contributed by atoms with Gasteiger partial charge in [-0.05, 0) is 45.4 Å². The molecule has 1 N–H and O–H groups in total. The Bertz CT molecular complexity index is 930. The van der Waals surface area contributed by atoms with Crippen molar-refractivity contribution in [1.29, 1.82) is 0 Å². The van der Waals surface area contributed by atoms with E-state index in [2.05, 4.69) is 26.6 Å². The zero-order valence-corrected chi connectivity index (χ0v) is 14.5. The molecular formula is C18H20N4O2. The second-order valence-electron chi connectivity index (χ2n) is 6.14. The van der Waals surface area contributed by atoms with Gasteiger partial charge in [0.1, 0.15) is 6.04 Å². The van der Waals surface area contributed by atoms with Crippen LogP contribution in [-0.2, 0) is 0 Å². The number of hydrogen-bond donors (Lipinski definition) is 1. The number of nitrogens with zero attached hydrogens (tertiary/aromatic N) is 3. The second kappa shape index (κ2) is 6.03. The largest absolute Gasteiger partial charge is 0.423 e. The van der Waals surface area contributed by atoms with Crippen molar-refractivity contribution in [2.24, 2.45) is 0 Å². The van der Waals surface area contributed by atoms with E-state index in [4.69, 9.17) is 4.42 Å². The van der Waals surface area contributed by atoms with Crippen molar-refractivity contribution in [3.63, 3.8) is 0 Å². The van der Waals surface area contributed by atoms with Crippen LogP contribution in [0.25, 0.3) is 10.9 Å². The summed E-state index contributed by atoms with van der Waals surface area (Å²) in [5, 5.41) is 11.5. The Morgan fingerprint density at radius 1 is 1.12 bits per heavy atom. The zero-order valence-electron chi connectivity index (χ0n) is 14.5. The number of benzene rings is 1. The fraction of sp³-hybridized carbons (Fsp3) is 0.333. The maximum Gasteiger partial charge on any atom is 0.252 e. The minimum atomic E-state index is -0.367. The molecule has 3 rings (SSSR count). The lowest BCUT2D eigenvalue weighted by Gasteiger charge is -2.13. The molecule has 0 aliphatic carbocycles. The first-order chi connectivity index (χ1) is 11.3. The highest BCUT2D eigenvalue weighted by Gasteiger charge is 2.19. The predicted octanol–water partition coefficient (Wildman–Crippen LogP) is 3.34. The third-order valence-electron chi connectivity index (χ3n) is 3.88. The van der Waals surface area contributed by atoms with Crippen molar-refractivity contribution in [1.82, 2.24) is 20.5 Å². The Kier molecular flexibility index (Phi) is 4.05. The van der Waals surface area contributed by atoms with Crippen molar-refractivity contribution in [2.75, 3.05) is 0 Å². The Morgan fingerprint density at radius 3 is 2.54 bits per heavy atom. The lowest BCUT2D eigenvalue weighted by atomic mass is 10.0. The van der Waals surface area contributed by atoms with Crippen LogP contribution in [0.15, 0.2) is 22.6 Å². The SMILES string of the molecule is Cc1cc(C)c2nc(C)cc(C(=O)N[C@H](C)c3nnc(C)o3)c2c1. The van der Waals surface area contributed by atoms with E-state index in [0.29, 0.717) is 17.3 Å². The molecule has 0 unspecified atom stereocenters. The fourth-order valence-electron chi connectivity index (χ4n) is 2.82. The molecule has 0 spiro atoms. The van der Waals surface area contributed by atoms with E-state index in [1.54, 1.807) is 6.92 Å². The van der Waals surface area contributed by atoms with Crippen molar-refractivity contribution >= 4 is 16.8 Å². The number of carbonyl (C=O) groups is 1. The highest BCUT2D eigenvalue weighted by molar-refractivity contribution is 6.07. The maximum atomic E-state index is 12.8. The van der Waals surface area contributed by atoms with Gasteiger partial charge in [0.15, 0.2) is 0 Å². The quantitative estimate of drug-likeness (QED) is 0.799. The van der Waals surface area contributed by atoms with E-state index < -0.39 is 0 Å². The average Bonchev–Trinajstić information content (AvgIpc) is 2.94. The average molecular weight is 324 g/mol. The van der Waals surface area contributed by atoms with Crippen LogP contribution in [0, 0.1) is 27.7 Å². The Hall–Kier alpha value is -2.76. The molecule has 0 saturated carbocycles. The van der Waals surface area contributed by atoms with Gasteiger partial charge in [-0.1, -0.05) is 11.6 Å². The standard InChI is InChI=1S/C18H20N4O2/c1-9-6-10(2)16-14(7-9)15(8-11(3)19-16)17(23)20-12(4)18-22-21-13(5)24-18/h6-8,12H,1-5H3,(H,20,23)/t12-/m1/s1. The minimum absolute atomic E-state index is 0.182. The Balaban J connectivity index is 2.00. The smallest absolute Gasteiger partial charge is 0.252 e. The topological polar surface area (TPSA) is 80.9 Å². The molecule has 6 heteroatoms. The van der Waals surface area contributed by atoms with Gasteiger partial charge in [-0.2, -0.15) is 0 Å². The molecule has 124 valence electrons. The van der Waals surface area contributed by atoms with Gasteiger partial charge in [-0.25, -0.2) is 0 Å². The first-order valence-electron chi connectivity index (χ1n) is 7.84. The summed E-state index contributed by atoms with van der Waals surface area (Å²) in [4.78, 5) is 17.4. The van der Waals surface area contributed by atoms with Crippen LogP contribution < -0.4 is 5.32 Å². The van der Waals surface area contributed by atoms with Crippen molar-refractivity contribution in [3.05, 3.63) is 52.4 Å². The lowest BCUT2D eigenvalue weighted by molar-refractivity contribution is 0.0935. The number of nitrogens with one attached hydrogen (secondary N) is 1.